The molecule has 0 aliphatic carbocycles. The molecule has 164 valence electrons. The van der Waals surface area contributed by atoms with Gasteiger partial charge >= 0.3 is 6.18 Å². The van der Waals surface area contributed by atoms with Crippen LogP contribution < -0.4 is 5.32 Å². The molecule has 1 saturated heterocycles. The summed E-state index contributed by atoms with van der Waals surface area (Å²) in [5.41, 5.74) is 0.529. The van der Waals surface area contributed by atoms with Crippen LogP contribution in [-0.4, -0.2) is 49.1 Å². The maximum Gasteiger partial charge on any atom is 0.410 e. The van der Waals surface area contributed by atoms with E-state index < -0.39 is 12.2 Å². The van der Waals surface area contributed by atoms with Gasteiger partial charge in [0.15, 0.2) is 6.04 Å². The van der Waals surface area contributed by atoms with Crippen LogP contribution in [0.15, 0.2) is 24.5 Å². The highest BCUT2D eigenvalue weighted by molar-refractivity contribution is 5.77. The average Bonchev–Trinajstić information content (AvgIpc) is 3.43. The zero-order chi connectivity index (χ0) is 21.5. The second kappa shape index (κ2) is 7.96. The van der Waals surface area contributed by atoms with Crippen LogP contribution in [0, 0.1) is 5.92 Å². The van der Waals surface area contributed by atoms with E-state index in [0.717, 1.165) is 11.1 Å². The highest BCUT2D eigenvalue weighted by Gasteiger charge is 2.47. The van der Waals surface area contributed by atoms with E-state index in [0.29, 0.717) is 37.4 Å². The van der Waals surface area contributed by atoms with Gasteiger partial charge in [0.1, 0.15) is 5.82 Å². The lowest BCUT2D eigenvalue weighted by Gasteiger charge is -2.35. The van der Waals surface area contributed by atoms with Gasteiger partial charge in [0.05, 0.1) is 11.7 Å². The third-order valence-electron chi connectivity index (χ3n) is 6.07. The van der Waals surface area contributed by atoms with Gasteiger partial charge in [-0.3, -0.25) is 9.48 Å². The lowest BCUT2D eigenvalue weighted by molar-refractivity contribution is -0.174. The summed E-state index contributed by atoms with van der Waals surface area (Å²) in [4.78, 5) is 14.5. The molecule has 0 radical (unpaired) electrons. The highest BCUT2D eigenvalue weighted by atomic mass is 19.4. The van der Waals surface area contributed by atoms with E-state index in [-0.39, 0.29) is 30.3 Å². The number of halogens is 3. The molecule has 2 aliphatic heterocycles. The first-order valence-corrected chi connectivity index (χ1v) is 10.4. The maximum atomic E-state index is 13.7. The molecule has 0 saturated carbocycles. The summed E-state index contributed by atoms with van der Waals surface area (Å²) < 4.78 is 43.9. The van der Waals surface area contributed by atoms with Crippen molar-refractivity contribution in [1.29, 1.82) is 0 Å². The average molecular weight is 424 g/mol. The molecule has 0 unspecified atom stereocenters. The molecule has 2 aromatic heterocycles. The van der Waals surface area contributed by atoms with Crippen molar-refractivity contribution in [3.63, 3.8) is 0 Å². The predicted octanol–water partition coefficient (Wildman–Crippen LogP) is 3.78. The van der Waals surface area contributed by atoms with E-state index >= 15 is 0 Å². The van der Waals surface area contributed by atoms with Gasteiger partial charge < -0.3 is 10.2 Å². The molecule has 0 spiro atoms. The summed E-state index contributed by atoms with van der Waals surface area (Å²) in [7, 11) is 0. The number of fused-ring (bicyclic) bond motifs is 1. The van der Waals surface area contributed by atoms with Gasteiger partial charge in [-0.15, -0.1) is 0 Å². The molecule has 7 nitrogen and oxygen atoms in total. The van der Waals surface area contributed by atoms with E-state index in [4.69, 9.17) is 0 Å². The van der Waals surface area contributed by atoms with Crippen LogP contribution >= 0.6 is 0 Å². The van der Waals surface area contributed by atoms with Crippen molar-refractivity contribution < 1.29 is 18.0 Å². The zero-order valence-corrected chi connectivity index (χ0v) is 17.1. The van der Waals surface area contributed by atoms with Gasteiger partial charge in [-0.25, -0.2) is 4.68 Å². The first-order valence-electron chi connectivity index (χ1n) is 10.4. The third kappa shape index (κ3) is 4.04. The highest BCUT2D eigenvalue weighted by Crippen LogP contribution is 2.42. The summed E-state index contributed by atoms with van der Waals surface area (Å²) in [6, 6.07) is 1.27. The standard InChI is InChI=1S/C20H27F3N6O/c1-13(2)14-11-17(20(21,22)23)29-18(25-14)12-15(26-29)16-5-3-9-28(16)19(30)6-10-27-8-4-7-24-27/h4,7-8,12-14,16-17,25H,3,5-6,9-11H2,1-2H3/t14-,16+,17+/m0/s1. The van der Waals surface area contributed by atoms with Crippen LogP contribution in [0.5, 0.6) is 0 Å². The van der Waals surface area contributed by atoms with Crippen molar-refractivity contribution in [2.75, 3.05) is 11.9 Å². The summed E-state index contributed by atoms with van der Waals surface area (Å²) >= 11 is 0. The van der Waals surface area contributed by atoms with E-state index in [1.54, 1.807) is 34.1 Å². The molecule has 10 heteroatoms. The molecule has 2 aromatic rings. The fourth-order valence-corrected chi connectivity index (χ4v) is 4.38. The van der Waals surface area contributed by atoms with Gasteiger partial charge in [-0.2, -0.15) is 23.4 Å². The number of aromatic nitrogens is 4. The molecular formula is C20H27F3N6O. The van der Waals surface area contributed by atoms with Crippen molar-refractivity contribution in [3.8, 4) is 0 Å². The molecule has 1 fully saturated rings. The van der Waals surface area contributed by atoms with Crippen LogP contribution in [0.3, 0.4) is 0 Å². The second-order valence-corrected chi connectivity index (χ2v) is 8.45. The molecule has 1 N–H and O–H groups in total. The van der Waals surface area contributed by atoms with E-state index in [1.807, 2.05) is 13.8 Å². The van der Waals surface area contributed by atoms with Crippen LogP contribution in [0.2, 0.25) is 0 Å². The Bertz CT molecular complexity index is 876. The largest absolute Gasteiger partial charge is 0.410 e. The van der Waals surface area contributed by atoms with Crippen LogP contribution in [0.1, 0.15) is 57.3 Å². The quantitative estimate of drug-likeness (QED) is 0.793. The number of nitrogens with zero attached hydrogens (tertiary/aromatic N) is 5. The summed E-state index contributed by atoms with van der Waals surface area (Å²) in [5.74, 6) is 0.418. The number of carbonyl (C=O) groups is 1. The lowest BCUT2D eigenvalue weighted by atomic mass is 9.94. The van der Waals surface area contributed by atoms with Gasteiger partial charge in [-0.1, -0.05) is 13.8 Å². The predicted molar refractivity (Wildman–Crippen MR) is 105 cm³/mol. The molecule has 3 atom stereocenters. The minimum atomic E-state index is -4.37. The number of likely N-dealkylation sites (tertiary alicyclic amines) is 1. The third-order valence-corrected chi connectivity index (χ3v) is 6.07. The molecule has 0 bridgehead atoms. The molecule has 1 amide bonds. The number of carbonyl (C=O) groups excluding carboxylic acids is 1. The van der Waals surface area contributed by atoms with Crippen molar-refractivity contribution in [1.82, 2.24) is 24.5 Å². The van der Waals surface area contributed by atoms with Gasteiger partial charge in [0.25, 0.3) is 0 Å². The number of aryl methyl sites for hydroxylation is 1. The molecule has 4 rings (SSSR count). The normalized spacial score (nSPS) is 24.2. The Morgan fingerprint density at radius 3 is 2.83 bits per heavy atom. The fourth-order valence-electron chi connectivity index (χ4n) is 4.38. The number of hydrogen-bond acceptors (Lipinski definition) is 4. The van der Waals surface area contributed by atoms with Crippen molar-refractivity contribution in [3.05, 3.63) is 30.2 Å². The number of hydrogen-bond donors (Lipinski definition) is 1. The number of rotatable bonds is 5. The Hall–Kier alpha value is -2.52. The molecule has 30 heavy (non-hydrogen) atoms. The van der Waals surface area contributed by atoms with Crippen LogP contribution in [0.25, 0.3) is 0 Å². The molecule has 0 aromatic carbocycles. The summed E-state index contributed by atoms with van der Waals surface area (Å²) in [5, 5.41) is 11.7. The summed E-state index contributed by atoms with van der Waals surface area (Å²) in [6.45, 7) is 4.89. The Labute approximate surface area is 173 Å². The summed E-state index contributed by atoms with van der Waals surface area (Å²) in [6.07, 6.45) is 0.845. The minimum Gasteiger partial charge on any atom is -0.367 e. The zero-order valence-electron chi connectivity index (χ0n) is 17.1. The molecule has 4 heterocycles. The Morgan fingerprint density at radius 1 is 1.37 bits per heavy atom. The van der Waals surface area contributed by atoms with Gasteiger partial charge in [-0.05, 0) is 31.2 Å². The molecule has 2 aliphatic rings. The van der Waals surface area contributed by atoms with E-state index in [9.17, 15) is 18.0 Å². The first-order chi connectivity index (χ1) is 14.2. The first kappa shape index (κ1) is 20.7. The lowest BCUT2D eigenvalue weighted by Crippen LogP contribution is -2.41. The van der Waals surface area contributed by atoms with Gasteiger partial charge in [0.2, 0.25) is 5.91 Å². The SMILES string of the molecule is CC(C)[C@@H]1C[C@H](C(F)(F)F)n2nc([C@H]3CCCN3C(=O)CCn3cccn3)cc2N1. The second-order valence-electron chi connectivity index (χ2n) is 8.45. The number of alkyl halides is 3. The van der Waals surface area contributed by atoms with E-state index in [1.165, 1.54) is 0 Å². The molecular weight excluding hydrogens is 397 g/mol. The number of amides is 1. The number of anilines is 1. The smallest absolute Gasteiger partial charge is 0.367 e. The van der Waals surface area contributed by atoms with Crippen molar-refractivity contribution >= 4 is 11.7 Å². The van der Waals surface area contributed by atoms with Crippen molar-refractivity contribution in [2.45, 2.75) is 70.4 Å². The number of nitrogens with one attached hydrogen (secondary N) is 1. The van der Waals surface area contributed by atoms with E-state index in [2.05, 4.69) is 15.5 Å². The Morgan fingerprint density at radius 2 is 2.17 bits per heavy atom. The van der Waals surface area contributed by atoms with Crippen molar-refractivity contribution in [2.24, 2.45) is 5.92 Å². The maximum absolute atomic E-state index is 13.7. The minimum absolute atomic E-state index is 0.0284. The Kier molecular flexibility index (Phi) is 5.50. The Balaban J connectivity index is 1.54. The van der Waals surface area contributed by atoms with Crippen LogP contribution in [-0.2, 0) is 11.3 Å². The monoisotopic (exact) mass is 424 g/mol. The fraction of sp³-hybridized carbons (Fsp3) is 0.650. The van der Waals surface area contributed by atoms with Gasteiger partial charge in [0, 0.05) is 44.0 Å². The van der Waals surface area contributed by atoms with Crippen LogP contribution in [0.4, 0.5) is 19.0 Å². The topological polar surface area (TPSA) is 68.0 Å².